The summed E-state index contributed by atoms with van der Waals surface area (Å²) in [6, 6.07) is 22.3. The molecular formula is C25H27N3O2. The Bertz CT molecular complexity index is 956. The number of likely N-dealkylation sites (tertiary alicyclic amines) is 1. The van der Waals surface area contributed by atoms with Crippen LogP contribution in [0.15, 0.2) is 72.9 Å². The molecule has 1 atom stereocenters. The molecule has 5 nitrogen and oxygen atoms in total. The first-order valence-corrected chi connectivity index (χ1v) is 10.5. The number of amides is 1. The summed E-state index contributed by atoms with van der Waals surface area (Å²) in [6.45, 7) is 3.21. The molecule has 1 saturated heterocycles. The number of benzene rings is 2. The van der Waals surface area contributed by atoms with Gasteiger partial charge < -0.3 is 10.5 Å². The van der Waals surface area contributed by atoms with Gasteiger partial charge in [0, 0.05) is 18.8 Å². The summed E-state index contributed by atoms with van der Waals surface area (Å²) in [5.41, 5.74) is 8.34. The number of rotatable bonds is 6. The van der Waals surface area contributed by atoms with Crippen molar-refractivity contribution in [3.63, 3.8) is 0 Å². The van der Waals surface area contributed by atoms with E-state index >= 15 is 0 Å². The van der Waals surface area contributed by atoms with E-state index in [1.807, 2.05) is 12.1 Å². The van der Waals surface area contributed by atoms with Gasteiger partial charge in [0.2, 0.25) is 11.8 Å². The number of carbonyl (C=O) groups is 1. The van der Waals surface area contributed by atoms with Crippen LogP contribution in [0.3, 0.4) is 0 Å². The Morgan fingerprint density at radius 3 is 2.50 bits per heavy atom. The highest BCUT2D eigenvalue weighted by Gasteiger charge is 2.18. The van der Waals surface area contributed by atoms with Gasteiger partial charge in [-0.15, -0.1) is 0 Å². The first-order valence-electron chi connectivity index (χ1n) is 10.5. The molecule has 2 aromatic carbocycles. The normalized spacial score (nSPS) is 17.3. The molecule has 0 bridgehead atoms. The van der Waals surface area contributed by atoms with Crippen molar-refractivity contribution < 1.29 is 9.53 Å². The van der Waals surface area contributed by atoms with Crippen LogP contribution in [0.5, 0.6) is 11.6 Å². The summed E-state index contributed by atoms with van der Waals surface area (Å²) >= 11 is 0. The number of hydrogen-bond donors (Lipinski definition) is 1. The molecule has 30 heavy (non-hydrogen) atoms. The van der Waals surface area contributed by atoms with E-state index in [2.05, 4.69) is 52.3 Å². The maximum atomic E-state index is 11.1. The van der Waals surface area contributed by atoms with Crippen LogP contribution >= 0.6 is 0 Å². The average Bonchev–Trinajstić information content (AvgIpc) is 3.02. The molecule has 2 N–H and O–H groups in total. The van der Waals surface area contributed by atoms with Gasteiger partial charge in [-0.1, -0.05) is 42.5 Å². The standard InChI is InChI=1S/C25H27N3O2/c26-25(29)22-10-13-24(27-17-22)30-23-11-8-19(9-12-23)18-28-15-4-7-21(14-16-28)20-5-2-1-3-6-20/h1-3,5-6,8-13,17,21H,4,7,14-16,18H2,(H2,26,29). The first-order chi connectivity index (χ1) is 14.7. The van der Waals surface area contributed by atoms with Crippen molar-refractivity contribution in [2.45, 2.75) is 31.7 Å². The molecule has 2 heterocycles. The Morgan fingerprint density at radius 2 is 1.80 bits per heavy atom. The lowest BCUT2D eigenvalue weighted by molar-refractivity contribution is 0.1000. The van der Waals surface area contributed by atoms with Crippen molar-refractivity contribution in [1.82, 2.24) is 9.88 Å². The summed E-state index contributed by atoms with van der Waals surface area (Å²) in [5.74, 6) is 1.33. The number of ether oxygens (including phenoxy) is 1. The summed E-state index contributed by atoms with van der Waals surface area (Å²) in [6.07, 6.45) is 5.12. The summed E-state index contributed by atoms with van der Waals surface area (Å²) in [5, 5.41) is 0. The quantitative estimate of drug-likeness (QED) is 0.648. The largest absolute Gasteiger partial charge is 0.439 e. The van der Waals surface area contributed by atoms with E-state index in [1.165, 1.54) is 36.6 Å². The van der Waals surface area contributed by atoms with Crippen LogP contribution < -0.4 is 10.5 Å². The third-order valence-corrected chi connectivity index (χ3v) is 5.66. The molecule has 1 aromatic heterocycles. The van der Waals surface area contributed by atoms with Crippen LogP contribution in [0.25, 0.3) is 0 Å². The monoisotopic (exact) mass is 401 g/mol. The molecule has 1 aliphatic rings. The fourth-order valence-corrected chi connectivity index (χ4v) is 4.00. The van der Waals surface area contributed by atoms with Crippen molar-refractivity contribution in [3.8, 4) is 11.6 Å². The van der Waals surface area contributed by atoms with Gasteiger partial charge in [-0.2, -0.15) is 0 Å². The van der Waals surface area contributed by atoms with Crippen molar-refractivity contribution in [1.29, 1.82) is 0 Å². The molecule has 0 radical (unpaired) electrons. The molecule has 5 heteroatoms. The fourth-order valence-electron chi connectivity index (χ4n) is 4.00. The fraction of sp³-hybridized carbons (Fsp3) is 0.280. The number of carbonyl (C=O) groups excluding carboxylic acids is 1. The van der Waals surface area contributed by atoms with Gasteiger partial charge in [-0.25, -0.2) is 4.98 Å². The minimum atomic E-state index is -0.498. The Hall–Kier alpha value is -3.18. The van der Waals surface area contributed by atoms with Crippen LogP contribution in [0.1, 0.15) is 46.7 Å². The van der Waals surface area contributed by atoms with E-state index in [4.69, 9.17) is 10.5 Å². The lowest BCUT2D eigenvalue weighted by atomic mass is 9.92. The predicted molar refractivity (Wildman–Crippen MR) is 118 cm³/mol. The molecule has 3 aromatic rings. The second kappa shape index (κ2) is 9.55. The van der Waals surface area contributed by atoms with Gasteiger partial charge in [-0.3, -0.25) is 9.69 Å². The minimum absolute atomic E-state index is 0.365. The number of primary amides is 1. The van der Waals surface area contributed by atoms with Crippen molar-refractivity contribution in [3.05, 3.63) is 89.6 Å². The van der Waals surface area contributed by atoms with Gasteiger partial charge in [0.25, 0.3) is 0 Å². The second-order valence-corrected chi connectivity index (χ2v) is 7.81. The lowest BCUT2D eigenvalue weighted by Gasteiger charge is -2.20. The molecule has 4 rings (SSSR count). The Labute approximate surface area is 177 Å². The first kappa shape index (κ1) is 20.1. The van der Waals surface area contributed by atoms with Gasteiger partial charge in [0.05, 0.1) is 5.56 Å². The highest BCUT2D eigenvalue weighted by molar-refractivity contribution is 5.92. The predicted octanol–water partition coefficient (Wildman–Crippen LogP) is 4.74. The molecule has 1 fully saturated rings. The molecule has 1 amide bonds. The minimum Gasteiger partial charge on any atom is -0.439 e. The Balaban J connectivity index is 1.31. The van der Waals surface area contributed by atoms with Crippen LogP contribution in [0.2, 0.25) is 0 Å². The zero-order chi connectivity index (χ0) is 20.8. The maximum Gasteiger partial charge on any atom is 0.250 e. The van der Waals surface area contributed by atoms with Gasteiger partial charge in [0.15, 0.2) is 0 Å². The van der Waals surface area contributed by atoms with E-state index in [0.29, 0.717) is 17.4 Å². The van der Waals surface area contributed by atoms with E-state index in [0.717, 1.165) is 25.4 Å². The number of aromatic nitrogens is 1. The van der Waals surface area contributed by atoms with Crippen LogP contribution in [0, 0.1) is 0 Å². The van der Waals surface area contributed by atoms with Gasteiger partial charge in [0.1, 0.15) is 5.75 Å². The number of nitrogens with zero attached hydrogens (tertiary/aromatic N) is 2. The van der Waals surface area contributed by atoms with Crippen LogP contribution in [-0.2, 0) is 6.54 Å². The second-order valence-electron chi connectivity index (χ2n) is 7.81. The Morgan fingerprint density at radius 1 is 1.00 bits per heavy atom. The van der Waals surface area contributed by atoms with Gasteiger partial charge >= 0.3 is 0 Å². The maximum absolute atomic E-state index is 11.1. The third-order valence-electron chi connectivity index (χ3n) is 5.66. The van der Waals surface area contributed by atoms with Gasteiger partial charge in [-0.05, 0) is 67.6 Å². The summed E-state index contributed by atoms with van der Waals surface area (Å²) in [4.78, 5) is 17.8. The van der Waals surface area contributed by atoms with Crippen molar-refractivity contribution >= 4 is 5.91 Å². The smallest absolute Gasteiger partial charge is 0.250 e. The highest BCUT2D eigenvalue weighted by Crippen LogP contribution is 2.28. The topological polar surface area (TPSA) is 68.5 Å². The molecular weight excluding hydrogens is 374 g/mol. The highest BCUT2D eigenvalue weighted by atomic mass is 16.5. The molecule has 0 spiro atoms. The zero-order valence-corrected chi connectivity index (χ0v) is 17.0. The summed E-state index contributed by atoms with van der Waals surface area (Å²) in [7, 11) is 0. The van der Waals surface area contributed by atoms with E-state index in [-0.39, 0.29) is 0 Å². The molecule has 0 aliphatic carbocycles. The number of nitrogens with two attached hydrogens (primary N) is 1. The SMILES string of the molecule is NC(=O)c1ccc(Oc2ccc(CN3CCCC(c4ccccc4)CC3)cc2)nc1. The lowest BCUT2D eigenvalue weighted by Crippen LogP contribution is -2.24. The van der Waals surface area contributed by atoms with Crippen molar-refractivity contribution in [2.24, 2.45) is 5.73 Å². The number of hydrogen-bond acceptors (Lipinski definition) is 4. The van der Waals surface area contributed by atoms with E-state index < -0.39 is 5.91 Å². The van der Waals surface area contributed by atoms with Crippen LogP contribution in [0.4, 0.5) is 0 Å². The van der Waals surface area contributed by atoms with E-state index in [9.17, 15) is 4.79 Å². The molecule has 1 aliphatic heterocycles. The van der Waals surface area contributed by atoms with E-state index in [1.54, 1.807) is 12.1 Å². The van der Waals surface area contributed by atoms with Crippen molar-refractivity contribution in [2.75, 3.05) is 13.1 Å². The zero-order valence-electron chi connectivity index (χ0n) is 17.0. The molecule has 1 unspecified atom stereocenters. The third kappa shape index (κ3) is 5.24. The average molecular weight is 402 g/mol. The van der Waals surface area contributed by atoms with Crippen LogP contribution in [-0.4, -0.2) is 28.9 Å². The summed E-state index contributed by atoms with van der Waals surface area (Å²) < 4.78 is 5.76. The number of pyridine rings is 1. The molecule has 154 valence electrons. The Kier molecular flexibility index (Phi) is 6.40. The molecule has 0 saturated carbocycles.